The molecule has 0 saturated carbocycles. The summed E-state index contributed by atoms with van der Waals surface area (Å²) in [5, 5.41) is 1.58. The van der Waals surface area contributed by atoms with Crippen molar-refractivity contribution in [3.8, 4) is 0 Å². The van der Waals surface area contributed by atoms with Crippen LogP contribution in [0, 0.1) is 0 Å². The van der Waals surface area contributed by atoms with Gasteiger partial charge in [-0.25, -0.2) is 0 Å². The average Bonchev–Trinajstić information content (AvgIpc) is 2.83. The molecule has 0 radical (unpaired) electrons. The predicted octanol–water partition coefficient (Wildman–Crippen LogP) is 5.83. The van der Waals surface area contributed by atoms with Crippen molar-refractivity contribution in [3.63, 3.8) is 0 Å². The van der Waals surface area contributed by atoms with Gasteiger partial charge < -0.3 is 4.90 Å². The molecular formula is C19H20Cl3N. The fraction of sp³-hybridized carbons (Fsp3) is 0.263. The van der Waals surface area contributed by atoms with Crippen molar-refractivity contribution in [2.24, 2.45) is 0 Å². The summed E-state index contributed by atoms with van der Waals surface area (Å²) in [4.78, 5) is 2.22. The van der Waals surface area contributed by atoms with Gasteiger partial charge in [0.2, 0.25) is 0 Å². The lowest BCUT2D eigenvalue weighted by molar-refractivity contribution is 0.420. The molecule has 3 rings (SSSR count). The number of nitrogens with zero attached hydrogens (tertiary/aromatic N) is 1. The third-order valence-electron chi connectivity index (χ3n) is 4.13. The minimum absolute atomic E-state index is 0. The van der Waals surface area contributed by atoms with Crippen molar-refractivity contribution in [2.75, 3.05) is 20.6 Å². The zero-order valence-electron chi connectivity index (χ0n) is 13.3. The van der Waals surface area contributed by atoms with Crippen LogP contribution >= 0.6 is 35.6 Å². The molecule has 122 valence electrons. The van der Waals surface area contributed by atoms with Gasteiger partial charge in [0, 0.05) is 16.6 Å². The van der Waals surface area contributed by atoms with Gasteiger partial charge >= 0.3 is 0 Å². The second kappa shape index (κ2) is 7.72. The first-order chi connectivity index (χ1) is 10.5. The van der Waals surface area contributed by atoms with Gasteiger partial charge in [0.25, 0.3) is 0 Å². The van der Waals surface area contributed by atoms with Crippen LogP contribution in [0.25, 0.3) is 11.1 Å². The lowest BCUT2D eigenvalue weighted by atomic mass is 9.98. The van der Waals surface area contributed by atoms with Crippen LogP contribution in [0.5, 0.6) is 0 Å². The molecule has 0 spiro atoms. The Morgan fingerprint density at radius 2 is 1.61 bits per heavy atom. The van der Waals surface area contributed by atoms with Crippen molar-refractivity contribution in [1.29, 1.82) is 0 Å². The van der Waals surface area contributed by atoms with Crippen LogP contribution in [0.15, 0.2) is 42.5 Å². The highest BCUT2D eigenvalue weighted by Gasteiger charge is 2.22. The fourth-order valence-electron chi connectivity index (χ4n) is 2.99. The lowest BCUT2D eigenvalue weighted by Crippen LogP contribution is -2.13. The highest BCUT2D eigenvalue weighted by molar-refractivity contribution is 6.31. The Morgan fingerprint density at radius 1 is 0.957 bits per heavy atom. The summed E-state index contributed by atoms with van der Waals surface area (Å²) in [6.07, 6.45) is 2.00. The van der Waals surface area contributed by atoms with Gasteiger partial charge in [0.1, 0.15) is 0 Å². The minimum Gasteiger partial charge on any atom is -0.309 e. The smallest absolute Gasteiger partial charge is 0.0412 e. The summed E-state index contributed by atoms with van der Waals surface area (Å²) < 4.78 is 0. The van der Waals surface area contributed by atoms with E-state index in [2.05, 4.69) is 43.3 Å². The Balaban J connectivity index is 0.00000192. The first kappa shape index (κ1) is 18.4. The maximum Gasteiger partial charge on any atom is 0.0412 e. The maximum atomic E-state index is 6.22. The van der Waals surface area contributed by atoms with Crippen LogP contribution in [-0.4, -0.2) is 25.5 Å². The lowest BCUT2D eigenvalue weighted by Gasteiger charge is -2.13. The molecule has 23 heavy (non-hydrogen) atoms. The standard InChI is InChI=1S/C19H19Cl2N.ClH/c1-22(2)10-9-17-18(13-3-6-15(20)7-4-13)11-14-5-8-16(21)12-19(14)17;/h3-8,12H,9-11H2,1-2H3;1H. The Hall–Kier alpha value is -0.990. The van der Waals surface area contributed by atoms with Crippen LogP contribution in [0.4, 0.5) is 0 Å². The third kappa shape index (κ3) is 4.10. The molecule has 2 aromatic carbocycles. The number of halogens is 3. The Labute approximate surface area is 154 Å². The molecule has 1 nitrogen and oxygen atoms in total. The number of benzene rings is 2. The summed E-state index contributed by atoms with van der Waals surface area (Å²) in [6, 6.07) is 14.4. The van der Waals surface area contributed by atoms with Gasteiger partial charge in [0.05, 0.1) is 0 Å². The molecule has 0 saturated heterocycles. The largest absolute Gasteiger partial charge is 0.309 e. The Kier molecular flexibility index (Phi) is 6.16. The van der Waals surface area contributed by atoms with Gasteiger partial charge in [-0.2, -0.15) is 0 Å². The van der Waals surface area contributed by atoms with Crippen molar-refractivity contribution in [1.82, 2.24) is 4.90 Å². The molecule has 0 atom stereocenters. The van der Waals surface area contributed by atoms with Gasteiger partial charge in [-0.1, -0.05) is 41.4 Å². The highest BCUT2D eigenvalue weighted by Crippen LogP contribution is 2.41. The molecule has 0 N–H and O–H groups in total. The van der Waals surface area contributed by atoms with Crippen LogP contribution in [0.3, 0.4) is 0 Å². The monoisotopic (exact) mass is 367 g/mol. The van der Waals surface area contributed by atoms with Crippen molar-refractivity contribution in [3.05, 3.63) is 69.2 Å². The van der Waals surface area contributed by atoms with E-state index in [1.165, 1.54) is 27.8 Å². The molecule has 0 amide bonds. The molecule has 1 aliphatic rings. The number of allylic oxidation sites excluding steroid dienone is 1. The molecule has 1 aliphatic carbocycles. The summed E-state index contributed by atoms with van der Waals surface area (Å²) >= 11 is 12.2. The van der Waals surface area contributed by atoms with E-state index in [4.69, 9.17) is 23.2 Å². The van der Waals surface area contributed by atoms with Gasteiger partial charge in [0.15, 0.2) is 0 Å². The van der Waals surface area contributed by atoms with E-state index >= 15 is 0 Å². The van der Waals surface area contributed by atoms with Gasteiger partial charge in [-0.3, -0.25) is 0 Å². The summed E-state index contributed by atoms with van der Waals surface area (Å²) in [7, 11) is 4.21. The van der Waals surface area contributed by atoms with Crippen molar-refractivity contribution < 1.29 is 0 Å². The first-order valence-corrected chi connectivity index (χ1v) is 8.21. The van der Waals surface area contributed by atoms with E-state index in [1.54, 1.807) is 0 Å². The van der Waals surface area contributed by atoms with Crippen LogP contribution in [0.2, 0.25) is 10.0 Å². The summed E-state index contributed by atoms with van der Waals surface area (Å²) in [5.41, 5.74) is 6.73. The molecular weight excluding hydrogens is 349 g/mol. The maximum absolute atomic E-state index is 6.22. The summed E-state index contributed by atoms with van der Waals surface area (Å²) in [5.74, 6) is 0. The van der Waals surface area contributed by atoms with E-state index in [0.717, 1.165) is 29.4 Å². The number of hydrogen-bond donors (Lipinski definition) is 0. The topological polar surface area (TPSA) is 3.24 Å². The van der Waals surface area contributed by atoms with Gasteiger partial charge in [-0.15, -0.1) is 12.4 Å². The molecule has 0 bridgehead atoms. The number of fused-ring (bicyclic) bond motifs is 1. The Bertz CT molecular complexity index is 718. The zero-order chi connectivity index (χ0) is 15.7. The van der Waals surface area contributed by atoms with Crippen LogP contribution in [0.1, 0.15) is 23.1 Å². The van der Waals surface area contributed by atoms with Crippen LogP contribution < -0.4 is 0 Å². The highest BCUT2D eigenvalue weighted by atomic mass is 35.5. The zero-order valence-corrected chi connectivity index (χ0v) is 15.6. The first-order valence-electron chi connectivity index (χ1n) is 7.46. The molecule has 2 aromatic rings. The van der Waals surface area contributed by atoms with Crippen LogP contribution in [-0.2, 0) is 6.42 Å². The predicted molar refractivity (Wildman–Crippen MR) is 104 cm³/mol. The fourth-order valence-corrected chi connectivity index (χ4v) is 3.29. The molecule has 4 heteroatoms. The minimum atomic E-state index is 0. The normalized spacial score (nSPS) is 13.3. The van der Waals surface area contributed by atoms with E-state index in [-0.39, 0.29) is 12.4 Å². The average molecular weight is 369 g/mol. The van der Waals surface area contributed by atoms with E-state index < -0.39 is 0 Å². The quantitative estimate of drug-likeness (QED) is 0.656. The van der Waals surface area contributed by atoms with Crippen molar-refractivity contribution >= 4 is 46.8 Å². The number of hydrogen-bond acceptors (Lipinski definition) is 1. The SMILES string of the molecule is CN(C)CCC1=C(c2ccc(Cl)cc2)Cc2ccc(Cl)cc21.Cl. The Morgan fingerprint density at radius 3 is 2.26 bits per heavy atom. The van der Waals surface area contributed by atoms with E-state index in [0.29, 0.717) is 0 Å². The van der Waals surface area contributed by atoms with E-state index in [1.807, 2.05) is 18.2 Å². The van der Waals surface area contributed by atoms with Crippen molar-refractivity contribution in [2.45, 2.75) is 12.8 Å². The molecule has 0 unspecified atom stereocenters. The number of rotatable bonds is 4. The van der Waals surface area contributed by atoms with Gasteiger partial charge in [-0.05, 0) is 79.0 Å². The third-order valence-corrected chi connectivity index (χ3v) is 4.62. The molecule has 0 aliphatic heterocycles. The molecule has 0 fully saturated rings. The summed E-state index contributed by atoms with van der Waals surface area (Å²) in [6.45, 7) is 1.03. The second-order valence-electron chi connectivity index (χ2n) is 6.00. The molecule has 0 heterocycles. The van der Waals surface area contributed by atoms with E-state index in [9.17, 15) is 0 Å². The molecule has 0 aromatic heterocycles. The second-order valence-corrected chi connectivity index (χ2v) is 6.87.